The minimum absolute atomic E-state index is 0.0881. The summed E-state index contributed by atoms with van der Waals surface area (Å²) in [5.74, 6) is -1.03. The van der Waals surface area contributed by atoms with Gasteiger partial charge in [-0.15, -0.1) is 0 Å². The van der Waals surface area contributed by atoms with E-state index in [4.69, 9.17) is 0 Å². The molecular weight excluding hydrogens is 243 g/mol. The van der Waals surface area contributed by atoms with Gasteiger partial charge in [-0.2, -0.15) is 4.39 Å². The molecule has 0 saturated heterocycles. The quantitative estimate of drug-likeness (QED) is 0.857. The number of amides is 1. The van der Waals surface area contributed by atoms with Crippen LogP contribution in [0.1, 0.15) is 28.5 Å². The summed E-state index contributed by atoms with van der Waals surface area (Å²) in [4.78, 5) is 15.3. The highest BCUT2D eigenvalue weighted by Gasteiger charge is 2.07. The largest absolute Gasteiger partial charge is 0.347 e. The number of hydrogen-bond acceptors (Lipinski definition) is 2. The smallest absolute Gasteiger partial charge is 0.270 e. The van der Waals surface area contributed by atoms with Crippen LogP contribution in [0.5, 0.6) is 0 Å². The molecule has 0 aliphatic heterocycles. The summed E-state index contributed by atoms with van der Waals surface area (Å²) in [5.41, 5.74) is 2.34. The van der Waals surface area contributed by atoms with Gasteiger partial charge in [0.05, 0.1) is 0 Å². The molecule has 1 heterocycles. The first-order valence-electron chi connectivity index (χ1n) is 6.17. The van der Waals surface area contributed by atoms with Crippen molar-refractivity contribution in [2.24, 2.45) is 0 Å². The topological polar surface area (TPSA) is 42.0 Å². The Kier molecular flexibility index (Phi) is 4.23. The lowest BCUT2D eigenvalue weighted by molar-refractivity contribution is 0.0944. The summed E-state index contributed by atoms with van der Waals surface area (Å²) in [7, 11) is 0. The van der Waals surface area contributed by atoms with Gasteiger partial charge in [0.1, 0.15) is 5.69 Å². The molecular formula is C15H15FN2O. The van der Waals surface area contributed by atoms with E-state index in [0.29, 0.717) is 6.54 Å². The summed E-state index contributed by atoms with van der Waals surface area (Å²) in [6, 6.07) is 12.2. The predicted octanol–water partition coefficient (Wildman–Crippen LogP) is 2.71. The molecule has 0 fully saturated rings. The zero-order valence-electron chi connectivity index (χ0n) is 10.7. The van der Waals surface area contributed by atoms with Crippen molar-refractivity contribution < 1.29 is 9.18 Å². The van der Waals surface area contributed by atoms with Crippen molar-refractivity contribution in [3.63, 3.8) is 0 Å². The van der Waals surface area contributed by atoms with E-state index in [0.717, 1.165) is 12.0 Å². The molecule has 1 aromatic carbocycles. The number of rotatable bonds is 4. The fourth-order valence-corrected chi connectivity index (χ4v) is 1.70. The second kappa shape index (κ2) is 6.09. The molecule has 0 atom stereocenters. The number of pyridine rings is 1. The Hall–Kier alpha value is -2.23. The molecule has 4 heteroatoms. The molecule has 0 aliphatic rings. The van der Waals surface area contributed by atoms with Crippen LogP contribution in [0.25, 0.3) is 0 Å². The third-order valence-corrected chi connectivity index (χ3v) is 2.83. The van der Waals surface area contributed by atoms with E-state index in [1.807, 2.05) is 24.3 Å². The predicted molar refractivity (Wildman–Crippen MR) is 71.2 cm³/mol. The Balaban J connectivity index is 1.96. The van der Waals surface area contributed by atoms with Crippen LogP contribution < -0.4 is 5.32 Å². The lowest BCUT2D eigenvalue weighted by Gasteiger charge is -2.05. The molecule has 1 aromatic heterocycles. The molecule has 0 bridgehead atoms. The molecule has 19 heavy (non-hydrogen) atoms. The highest BCUT2D eigenvalue weighted by molar-refractivity contribution is 5.92. The van der Waals surface area contributed by atoms with Gasteiger partial charge in [0, 0.05) is 6.54 Å². The van der Waals surface area contributed by atoms with Crippen molar-refractivity contribution in [3.8, 4) is 0 Å². The number of carbonyl (C=O) groups is 1. The number of nitrogens with one attached hydrogen (secondary N) is 1. The van der Waals surface area contributed by atoms with Crippen LogP contribution in [0, 0.1) is 5.95 Å². The van der Waals surface area contributed by atoms with Crippen molar-refractivity contribution in [2.75, 3.05) is 0 Å². The standard InChI is InChI=1S/C15H15FN2O/c1-2-11-6-8-12(9-7-11)10-17-15(19)13-4-3-5-14(16)18-13/h3-9H,2,10H2,1H3,(H,17,19). The lowest BCUT2D eigenvalue weighted by atomic mass is 10.1. The van der Waals surface area contributed by atoms with E-state index in [1.165, 1.54) is 23.8 Å². The maximum Gasteiger partial charge on any atom is 0.270 e. The summed E-state index contributed by atoms with van der Waals surface area (Å²) in [5, 5.41) is 2.71. The molecule has 2 aromatic rings. The molecule has 0 radical (unpaired) electrons. The minimum Gasteiger partial charge on any atom is -0.347 e. The summed E-state index contributed by atoms with van der Waals surface area (Å²) >= 11 is 0. The molecule has 98 valence electrons. The second-order valence-electron chi connectivity index (χ2n) is 4.20. The Morgan fingerprint density at radius 1 is 1.16 bits per heavy atom. The second-order valence-corrected chi connectivity index (χ2v) is 4.20. The number of nitrogens with zero attached hydrogens (tertiary/aromatic N) is 1. The Morgan fingerprint density at radius 2 is 1.84 bits per heavy atom. The highest BCUT2D eigenvalue weighted by atomic mass is 19.1. The number of hydrogen-bond donors (Lipinski definition) is 1. The number of aromatic nitrogens is 1. The van der Waals surface area contributed by atoms with Gasteiger partial charge in [-0.05, 0) is 29.7 Å². The molecule has 0 saturated carbocycles. The van der Waals surface area contributed by atoms with Gasteiger partial charge in [-0.25, -0.2) is 4.98 Å². The Labute approximate surface area is 111 Å². The van der Waals surface area contributed by atoms with Crippen LogP contribution in [0.4, 0.5) is 4.39 Å². The van der Waals surface area contributed by atoms with Crippen LogP contribution in [0.2, 0.25) is 0 Å². The average molecular weight is 258 g/mol. The molecule has 3 nitrogen and oxygen atoms in total. The van der Waals surface area contributed by atoms with Gasteiger partial charge in [-0.3, -0.25) is 4.79 Å². The fourth-order valence-electron chi connectivity index (χ4n) is 1.70. The molecule has 0 unspecified atom stereocenters. The lowest BCUT2D eigenvalue weighted by Crippen LogP contribution is -2.24. The van der Waals surface area contributed by atoms with E-state index < -0.39 is 5.95 Å². The summed E-state index contributed by atoms with van der Waals surface area (Å²) in [6.45, 7) is 2.49. The Morgan fingerprint density at radius 3 is 2.47 bits per heavy atom. The van der Waals surface area contributed by atoms with Crippen molar-refractivity contribution >= 4 is 5.91 Å². The van der Waals surface area contributed by atoms with E-state index in [2.05, 4.69) is 17.2 Å². The SMILES string of the molecule is CCc1ccc(CNC(=O)c2cccc(F)n2)cc1. The van der Waals surface area contributed by atoms with Crippen LogP contribution in [-0.2, 0) is 13.0 Å². The first-order valence-corrected chi connectivity index (χ1v) is 6.17. The number of aryl methyl sites for hydroxylation is 1. The monoisotopic (exact) mass is 258 g/mol. The average Bonchev–Trinajstić information content (AvgIpc) is 2.45. The molecule has 1 amide bonds. The van der Waals surface area contributed by atoms with E-state index in [1.54, 1.807) is 0 Å². The van der Waals surface area contributed by atoms with E-state index in [-0.39, 0.29) is 11.6 Å². The van der Waals surface area contributed by atoms with Crippen molar-refractivity contribution in [2.45, 2.75) is 19.9 Å². The van der Waals surface area contributed by atoms with Gasteiger partial charge in [0.15, 0.2) is 0 Å². The first kappa shape index (κ1) is 13.2. The van der Waals surface area contributed by atoms with Gasteiger partial charge in [0.25, 0.3) is 5.91 Å². The minimum atomic E-state index is -0.653. The van der Waals surface area contributed by atoms with Crippen LogP contribution in [0.15, 0.2) is 42.5 Å². The van der Waals surface area contributed by atoms with Crippen molar-refractivity contribution in [1.29, 1.82) is 0 Å². The summed E-state index contributed by atoms with van der Waals surface area (Å²) < 4.78 is 12.9. The summed E-state index contributed by atoms with van der Waals surface area (Å²) in [6.07, 6.45) is 0.986. The van der Waals surface area contributed by atoms with Gasteiger partial charge < -0.3 is 5.32 Å². The van der Waals surface area contributed by atoms with Gasteiger partial charge in [-0.1, -0.05) is 37.3 Å². The maximum absolute atomic E-state index is 12.9. The fraction of sp³-hybridized carbons (Fsp3) is 0.200. The van der Waals surface area contributed by atoms with Crippen LogP contribution in [0.3, 0.4) is 0 Å². The highest BCUT2D eigenvalue weighted by Crippen LogP contribution is 2.05. The third-order valence-electron chi connectivity index (χ3n) is 2.83. The zero-order valence-corrected chi connectivity index (χ0v) is 10.7. The number of benzene rings is 1. The van der Waals surface area contributed by atoms with Crippen LogP contribution >= 0.6 is 0 Å². The van der Waals surface area contributed by atoms with Gasteiger partial charge in [0.2, 0.25) is 5.95 Å². The van der Waals surface area contributed by atoms with E-state index >= 15 is 0 Å². The van der Waals surface area contributed by atoms with E-state index in [9.17, 15) is 9.18 Å². The van der Waals surface area contributed by atoms with Crippen LogP contribution in [-0.4, -0.2) is 10.9 Å². The normalized spacial score (nSPS) is 10.2. The maximum atomic E-state index is 12.9. The number of halogens is 1. The van der Waals surface area contributed by atoms with Crippen molar-refractivity contribution in [3.05, 3.63) is 65.2 Å². The van der Waals surface area contributed by atoms with Gasteiger partial charge >= 0.3 is 0 Å². The van der Waals surface area contributed by atoms with Crippen molar-refractivity contribution in [1.82, 2.24) is 10.3 Å². The molecule has 0 spiro atoms. The number of carbonyl (C=O) groups excluding carboxylic acids is 1. The molecule has 1 N–H and O–H groups in total. The Bertz CT molecular complexity index is 567. The zero-order chi connectivity index (χ0) is 13.7. The first-order chi connectivity index (χ1) is 9.19. The molecule has 2 rings (SSSR count). The molecule has 0 aliphatic carbocycles. The third kappa shape index (κ3) is 3.61.